The summed E-state index contributed by atoms with van der Waals surface area (Å²) >= 11 is 0. The van der Waals surface area contributed by atoms with E-state index in [1.54, 1.807) is 24.3 Å². The summed E-state index contributed by atoms with van der Waals surface area (Å²) in [5, 5.41) is 8.63. The van der Waals surface area contributed by atoms with Crippen molar-refractivity contribution in [3.8, 4) is 5.75 Å². The van der Waals surface area contributed by atoms with E-state index in [-0.39, 0.29) is 24.1 Å². The molecule has 0 radical (unpaired) electrons. The van der Waals surface area contributed by atoms with Crippen LogP contribution in [0.1, 0.15) is 55.6 Å². The van der Waals surface area contributed by atoms with Gasteiger partial charge < -0.3 is 20.7 Å². The van der Waals surface area contributed by atoms with Gasteiger partial charge in [-0.1, -0.05) is 12.1 Å². The zero-order chi connectivity index (χ0) is 20.1. The average Bonchev–Trinajstić information content (AvgIpc) is 3.45. The van der Waals surface area contributed by atoms with Gasteiger partial charge in [0.2, 0.25) is 0 Å². The minimum absolute atomic E-state index is 0.0960. The number of hydrogen-bond donors (Lipinski definition) is 3. The molecule has 0 aromatic heterocycles. The SMILES string of the molecule is CC(C)Oc1cccc(C(C)NC(=O)c2ccc(NC(=O)NC3CC3)cc2)c1. The van der Waals surface area contributed by atoms with Crippen LogP contribution in [0.25, 0.3) is 0 Å². The number of carbonyl (C=O) groups excluding carboxylic acids is 2. The van der Waals surface area contributed by atoms with E-state index in [2.05, 4.69) is 16.0 Å². The second kappa shape index (κ2) is 8.78. The van der Waals surface area contributed by atoms with Gasteiger partial charge in [0.05, 0.1) is 12.1 Å². The van der Waals surface area contributed by atoms with Crippen molar-refractivity contribution in [1.82, 2.24) is 10.6 Å². The van der Waals surface area contributed by atoms with Crippen LogP contribution in [-0.2, 0) is 0 Å². The number of carbonyl (C=O) groups is 2. The summed E-state index contributed by atoms with van der Waals surface area (Å²) in [6.45, 7) is 5.89. The molecule has 2 aromatic rings. The lowest BCUT2D eigenvalue weighted by molar-refractivity contribution is 0.0939. The van der Waals surface area contributed by atoms with Crippen molar-refractivity contribution in [2.75, 3.05) is 5.32 Å². The van der Waals surface area contributed by atoms with Crippen molar-refractivity contribution >= 4 is 17.6 Å². The lowest BCUT2D eigenvalue weighted by Crippen LogP contribution is -2.30. The van der Waals surface area contributed by atoms with Crippen LogP contribution in [0.5, 0.6) is 5.75 Å². The monoisotopic (exact) mass is 381 g/mol. The Kier molecular flexibility index (Phi) is 6.19. The van der Waals surface area contributed by atoms with Crippen molar-refractivity contribution in [3.05, 3.63) is 59.7 Å². The fraction of sp³-hybridized carbons (Fsp3) is 0.364. The molecule has 1 saturated carbocycles. The van der Waals surface area contributed by atoms with Crippen molar-refractivity contribution in [2.45, 2.75) is 51.8 Å². The van der Waals surface area contributed by atoms with Crippen LogP contribution in [0, 0.1) is 0 Å². The minimum Gasteiger partial charge on any atom is -0.491 e. The highest BCUT2D eigenvalue weighted by atomic mass is 16.5. The molecule has 3 rings (SSSR count). The lowest BCUT2D eigenvalue weighted by atomic mass is 10.1. The van der Waals surface area contributed by atoms with Gasteiger partial charge in [0, 0.05) is 17.3 Å². The number of benzene rings is 2. The van der Waals surface area contributed by atoms with Crippen molar-refractivity contribution in [3.63, 3.8) is 0 Å². The second-order valence-corrected chi connectivity index (χ2v) is 7.38. The van der Waals surface area contributed by atoms with Crippen molar-refractivity contribution in [1.29, 1.82) is 0 Å². The Hall–Kier alpha value is -3.02. The van der Waals surface area contributed by atoms with Gasteiger partial charge >= 0.3 is 6.03 Å². The maximum atomic E-state index is 12.5. The van der Waals surface area contributed by atoms with E-state index >= 15 is 0 Å². The predicted molar refractivity (Wildman–Crippen MR) is 110 cm³/mol. The van der Waals surface area contributed by atoms with E-state index in [9.17, 15) is 9.59 Å². The summed E-state index contributed by atoms with van der Waals surface area (Å²) in [5.41, 5.74) is 2.16. The van der Waals surface area contributed by atoms with Gasteiger partial charge in [-0.15, -0.1) is 0 Å². The first-order chi connectivity index (χ1) is 13.4. The Labute approximate surface area is 165 Å². The lowest BCUT2D eigenvalue weighted by Gasteiger charge is -2.17. The molecule has 28 heavy (non-hydrogen) atoms. The van der Waals surface area contributed by atoms with Crippen LogP contribution in [0.4, 0.5) is 10.5 Å². The number of hydrogen-bond acceptors (Lipinski definition) is 3. The van der Waals surface area contributed by atoms with Crippen molar-refractivity contribution in [2.24, 2.45) is 0 Å². The smallest absolute Gasteiger partial charge is 0.319 e. The summed E-state index contributed by atoms with van der Waals surface area (Å²) in [7, 11) is 0. The molecule has 1 atom stereocenters. The molecule has 0 heterocycles. The van der Waals surface area contributed by atoms with Crippen LogP contribution in [0.3, 0.4) is 0 Å². The maximum absolute atomic E-state index is 12.5. The van der Waals surface area contributed by atoms with Gasteiger partial charge in [-0.3, -0.25) is 4.79 Å². The Morgan fingerprint density at radius 2 is 1.75 bits per heavy atom. The molecule has 1 aliphatic carbocycles. The van der Waals surface area contributed by atoms with Crippen LogP contribution < -0.4 is 20.7 Å². The molecule has 0 spiro atoms. The van der Waals surface area contributed by atoms with Crippen LogP contribution in [0.15, 0.2) is 48.5 Å². The molecule has 6 heteroatoms. The van der Waals surface area contributed by atoms with Gasteiger partial charge in [-0.25, -0.2) is 4.79 Å². The van der Waals surface area contributed by atoms with E-state index in [4.69, 9.17) is 4.74 Å². The molecule has 1 unspecified atom stereocenters. The number of ether oxygens (including phenoxy) is 1. The largest absolute Gasteiger partial charge is 0.491 e. The molecule has 148 valence electrons. The fourth-order valence-corrected chi connectivity index (χ4v) is 2.78. The summed E-state index contributed by atoms with van der Waals surface area (Å²) < 4.78 is 5.71. The first-order valence-electron chi connectivity index (χ1n) is 9.66. The van der Waals surface area contributed by atoms with E-state index in [1.807, 2.05) is 45.0 Å². The van der Waals surface area contributed by atoms with E-state index < -0.39 is 0 Å². The zero-order valence-corrected chi connectivity index (χ0v) is 16.5. The average molecular weight is 381 g/mol. The van der Waals surface area contributed by atoms with Gasteiger partial charge in [-0.05, 0) is 75.6 Å². The van der Waals surface area contributed by atoms with E-state index in [0.717, 1.165) is 24.2 Å². The molecule has 3 N–H and O–H groups in total. The van der Waals surface area contributed by atoms with Crippen LogP contribution >= 0.6 is 0 Å². The van der Waals surface area contributed by atoms with E-state index in [0.29, 0.717) is 17.3 Å². The quantitative estimate of drug-likeness (QED) is 0.671. The molecule has 6 nitrogen and oxygen atoms in total. The zero-order valence-electron chi connectivity index (χ0n) is 16.5. The Morgan fingerprint density at radius 3 is 2.39 bits per heavy atom. The third-order valence-electron chi connectivity index (χ3n) is 4.40. The number of urea groups is 1. The first-order valence-corrected chi connectivity index (χ1v) is 9.66. The first kappa shape index (κ1) is 19.7. The normalized spacial score (nSPS) is 14.3. The molecule has 3 amide bonds. The number of anilines is 1. The summed E-state index contributed by atoms with van der Waals surface area (Å²) in [6, 6.07) is 14.5. The number of amides is 3. The summed E-state index contributed by atoms with van der Waals surface area (Å²) in [5.74, 6) is 0.616. The van der Waals surface area contributed by atoms with Crippen LogP contribution in [0.2, 0.25) is 0 Å². The van der Waals surface area contributed by atoms with Crippen molar-refractivity contribution < 1.29 is 14.3 Å². The number of rotatable bonds is 7. The molecule has 1 fully saturated rings. The highest BCUT2D eigenvalue weighted by Crippen LogP contribution is 2.21. The fourth-order valence-electron chi connectivity index (χ4n) is 2.78. The van der Waals surface area contributed by atoms with Gasteiger partial charge in [0.25, 0.3) is 5.91 Å². The predicted octanol–water partition coefficient (Wildman–Crippen LogP) is 4.25. The molecule has 0 saturated heterocycles. The minimum atomic E-state index is -0.211. The molecular weight excluding hydrogens is 354 g/mol. The highest BCUT2D eigenvalue weighted by Gasteiger charge is 2.23. The van der Waals surface area contributed by atoms with Gasteiger partial charge in [-0.2, -0.15) is 0 Å². The van der Waals surface area contributed by atoms with Crippen LogP contribution in [-0.4, -0.2) is 24.1 Å². The second-order valence-electron chi connectivity index (χ2n) is 7.38. The third-order valence-corrected chi connectivity index (χ3v) is 4.40. The third kappa shape index (κ3) is 5.74. The Bertz CT molecular complexity index is 829. The molecule has 0 bridgehead atoms. The standard InChI is InChI=1S/C22H27N3O3/c1-14(2)28-20-6-4-5-17(13-20)15(3)23-21(26)16-7-9-18(10-8-16)24-22(27)25-19-11-12-19/h4-10,13-15,19H,11-12H2,1-3H3,(H,23,26)(H2,24,25,27). The molecular formula is C22H27N3O3. The molecule has 2 aromatic carbocycles. The Morgan fingerprint density at radius 1 is 1.04 bits per heavy atom. The molecule has 0 aliphatic heterocycles. The Balaban J connectivity index is 1.56. The summed E-state index contributed by atoms with van der Waals surface area (Å²) in [6.07, 6.45) is 2.17. The maximum Gasteiger partial charge on any atom is 0.319 e. The summed E-state index contributed by atoms with van der Waals surface area (Å²) in [4.78, 5) is 24.3. The highest BCUT2D eigenvalue weighted by molar-refractivity contribution is 5.95. The number of nitrogens with one attached hydrogen (secondary N) is 3. The topological polar surface area (TPSA) is 79.5 Å². The molecule has 1 aliphatic rings. The van der Waals surface area contributed by atoms with E-state index in [1.165, 1.54) is 0 Å². The van der Waals surface area contributed by atoms with Gasteiger partial charge in [0.1, 0.15) is 5.75 Å². The van der Waals surface area contributed by atoms with Gasteiger partial charge in [0.15, 0.2) is 0 Å².